The molecule has 0 aromatic rings. The summed E-state index contributed by atoms with van der Waals surface area (Å²) in [6.45, 7) is 2.47. The van der Waals surface area contributed by atoms with Gasteiger partial charge in [-0.05, 0) is 26.9 Å². The Labute approximate surface area is 111 Å². The molecule has 2 N–H and O–H groups in total. The highest BCUT2D eigenvalue weighted by Crippen LogP contribution is 2.16. The maximum atomic E-state index is 11.6. The van der Waals surface area contributed by atoms with Gasteiger partial charge in [-0.1, -0.05) is 25.7 Å². The van der Waals surface area contributed by atoms with Crippen molar-refractivity contribution in [1.29, 1.82) is 0 Å². The number of hydrogen-bond acceptors (Lipinski definition) is 3. The molecule has 1 amide bonds. The van der Waals surface area contributed by atoms with Crippen LogP contribution in [0, 0.1) is 0 Å². The quantitative estimate of drug-likeness (QED) is 0.675. The third-order valence-corrected chi connectivity index (χ3v) is 3.52. The van der Waals surface area contributed by atoms with E-state index in [1.54, 1.807) is 0 Å². The van der Waals surface area contributed by atoms with Crippen LogP contribution < -0.4 is 10.6 Å². The Balaban J connectivity index is 2.00. The van der Waals surface area contributed by atoms with Gasteiger partial charge in [-0.25, -0.2) is 0 Å². The molecule has 0 unspecified atom stereocenters. The van der Waals surface area contributed by atoms with Crippen LogP contribution in [0.4, 0.5) is 0 Å². The molecule has 0 heterocycles. The smallest absolute Gasteiger partial charge is 0.221 e. The van der Waals surface area contributed by atoms with Gasteiger partial charge in [-0.2, -0.15) is 0 Å². The second kappa shape index (κ2) is 9.34. The van der Waals surface area contributed by atoms with Crippen molar-refractivity contribution in [2.45, 2.75) is 51.0 Å². The summed E-state index contributed by atoms with van der Waals surface area (Å²) >= 11 is 0. The van der Waals surface area contributed by atoms with Crippen LogP contribution in [-0.4, -0.2) is 50.6 Å². The van der Waals surface area contributed by atoms with E-state index in [0.717, 1.165) is 19.6 Å². The summed E-state index contributed by atoms with van der Waals surface area (Å²) in [6, 6.07) is 0.641. The lowest BCUT2D eigenvalue weighted by atomic mass is 10.1. The topological polar surface area (TPSA) is 44.4 Å². The van der Waals surface area contributed by atoms with Crippen molar-refractivity contribution in [2.24, 2.45) is 0 Å². The summed E-state index contributed by atoms with van der Waals surface area (Å²) in [5.41, 5.74) is 0. The first-order valence-corrected chi connectivity index (χ1v) is 7.33. The lowest BCUT2D eigenvalue weighted by Gasteiger charge is -2.16. The van der Waals surface area contributed by atoms with Gasteiger partial charge in [0.1, 0.15) is 0 Å². The standard InChI is InChI=1S/C14H29N3O/c1-17(2)12-11-16-14(18)9-10-15-13-7-5-3-4-6-8-13/h13,15H,3-12H2,1-2H3,(H,16,18). The highest BCUT2D eigenvalue weighted by molar-refractivity contribution is 5.76. The molecule has 1 rings (SSSR count). The fourth-order valence-corrected chi connectivity index (χ4v) is 2.38. The average molecular weight is 255 g/mol. The van der Waals surface area contributed by atoms with Gasteiger partial charge in [0.05, 0.1) is 0 Å². The molecule has 1 aliphatic rings. The minimum absolute atomic E-state index is 0.165. The molecule has 1 aliphatic carbocycles. The van der Waals surface area contributed by atoms with Gasteiger partial charge in [0.2, 0.25) is 5.91 Å². The molecule has 0 bridgehead atoms. The Morgan fingerprint density at radius 3 is 2.39 bits per heavy atom. The van der Waals surface area contributed by atoms with E-state index >= 15 is 0 Å². The largest absolute Gasteiger partial charge is 0.355 e. The third-order valence-electron chi connectivity index (χ3n) is 3.52. The van der Waals surface area contributed by atoms with Crippen molar-refractivity contribution in [2.75, 3.05) is 33.7 Å². The predicted molar refractivity (Wildman–Crippen MR) is 75.7 cm³/mol. The maximum absolute atomic E-state index is 11.6. The minimum atomic E-state index is 0.165. The van der Waals surface area contributed by atoms with Crippen LogP contribution in [0.1, 0.15) is 44.9 Å². The summed E-state index contributed by atoms with van der Waals surface area (Å²) < 4.78 is 0. The monoisotopic (exact) mass is 255 g/mol. The minimum Gasteiger partial charge on any atom is -0.355 e. The molecule has 106 valence electrons. The molecule has 0 aromatic heterocycles. The Kier molecular flexibility index (Phi) is 8.01. The number of hydrogen-bond donors (Lipinski definition) is 2. The van der Waals surface area contributed by atoms with E-state index < -0.39 is 0 Å². The van der Waals surface area contributed by atoms with Crippen LogP contribution in [-0.2, 0) is 4.79 Å². The average Bonchev–Trinajstić information content (AvgIpc) is 2.57. The fraction of sp³-hybridized carbons (Fsp3) is 0.929. The normalized spacial score (nSPS) is 17.7. The second-order valence-electron chi connectivity index (χ2n) is 5.55. The zero-order valence-corrected chi connectivity index (χ0v) is 12.0. The lowest BCUT2D eigenvalue weighted by molar-refractivity contribution is -0.121. The van der Waals surface area contributed by atoms with E-state index in [0.29, 0.717) is 12.5 Å². The van der Waals surface area contributed by atoms with Crippen molar-refractivity contribution in [3.63, 3.8) is 0 Å². The van der Waals surface area contributed by atoms with Gasteiger partial charge in [-0.3, -0.25) is 4.79 Å². The van der Waals surface area contributed by atoms with Crippen molar-refractivity contribution in [1.82, 2.24) is 15.5 Å². The molecule has 4 heteroatoms. The third kappa shape index (κ3) is 7.67. The van der Waals surface area contributed by atoms with Crippen LogP contribution >= 0.6 is 0 Å². The Bertz CT molecular complexity index is 223. The Morgan fingerprint density at radius 2 is 1.78 bits per heavy atom. The second-order valence-corrected chi connectivity index (χ2v) is 5.55. The SMILES string of the molecule is CN(C)CCNC(=O)CCNC1CCCCCC1. The zero-order chi connectivity index (χ0) is 13.2. The van der Waals surface area contributed by atoms with E-state index in [9.17, 15) is 4.79 Å². The number of nitrogens with one attached hydrogen (secondary N) is 2. The molecule has 1 saturated carbocycles. The number of carbonyl (C=O) groups excluding carboxylic acids is 1. The lowest BCUT2D eigenvalue weighted by Crippen LogP contribution is -2.35. The Morgan fingerprint density at radius 1 is 1.11 bits per heavy atom. The summed E-state index contributed by atoms with van der Waals surface area (Å²) in [5.74, 6) is 0.165. The molecular formula is C14H29N3O. The van der Waals surface area contributed by atoms with E-state index in [1.807, 2.05) is 14.1 Å². The first kappa shape index (κ1) is 15.4. The predicted octanol–water partition coefficient (Wildman–Crippen LogP) is 1.37. The van der Waals surface area contributed by atoms with E-state index in [-0.39, 0.29) is 5.91 Å². The molecule has 18 heavy (non-hydrogen) atoms. The molecule has 0 aliphatic heterocycles. The first-order valence-electron chi connectivity index (χ1n) is 7.33. The number of nitrogens with zero attached hydrogens (tertiary/aromatic N) is 1. The molecule has 0 atom stereocenters. The zero-order valence-electron chi connectivity index (χ0n) is 12.0. The van der Waals surface area contributed by atoms with E-state index in [4.69, 9.17) is 0 Å². The van der Waals surface area contributed by atoms with Crippen molar-refractivity contribution in [3.05, 3.63) is 0 Å². The molecule has 0 spiro atoms. The van der Waals surface area contributed by atoms with Crippen molar-refractivity contribution in [3.8, 4) is 0 Å². The van der Waals surface area contributed by atoms with Gasteiger partial charge in [0.25, 0.3) is 0 Å². The highest BCUT2D eigenvalue weighted by Gasteiger charge is 2.11. The van der Waals surface area contributed by atoms with Gasteiger partial charge >= 0.3 is 0 Å². The van der Waals surface area contributed by atoms with Crippen molar-refractivity contribution < 1.29 is 4.79 Å². The molecule has 1 fully saturated rings. The first-order chi connectivity index (χ1) is 8.68. The highest BCUT2D eigenvalue weighted by atomic mass is 16.1. The maximum Gasteiger partial charge on any atom is 0.221 e. The van der Waals surface area contributed by atoms with Crippen molar-refractivity contribution >= 4 is 5.91 Å². The van der Waals surface area contributed by atoms with Crippen LogP contribution in [0.15, 0.2) is 0 Å². The summed E-state index contributed by atoms with van der Waals surface area (Å²) in [7, 11) is 4.03. The van der Waals surface area contributed by atoms with Crippen LogP contribution in [0.3, 0.4) is 0 Å². The van der Waals surface area contributed by atoms with Gasteiger partial charge in [0.15, 0.2) is 0 Å². The fourth-order valence-electron chi connectivity index (χ4n) is 2.38. The Hall–Kier alpha value is -0.610. The summed E-state index contributed by atoms with van der Waals surface area (Å²) in [5, 5.41) is 6.46. The van der Waals surface area contributed by atoms with Gasteiger partial charge < -0.3 is 15.5 Å². The van der Waals surface area contributed by atoms with E-state index in [1.165, 1.54) is 38.5 Å². The van der Waals surface area contributed by atoms with Crippen LogP contribution in [0.25, 0.3) is 0 Å². The molecular weight excluding hydrogens is 226 g/mol. The van der Waals surface area contributed by atoms with Gasteiger partial charge in [-0.15, -0.1) is 0 Å². The molecule has 0 saturated heterocycles. The number of rotatable bonds is 7. The van der Waals surface area contributed by atoms with Crippen LogP contribution in [0.5, 0.6) is 0 Å². The number of carbonyl (C=O) groups is 1. The number of amides is 1. The van der Waals surface area contributed by atoms with E-state index in [2.05, 4.69) is 15.5 Å². The molecule has 0 radical (unpaired) electrons. The summed E-state index contributed by atoms with van der Waals surface area (Å²) in [4.78, 5) is 13.6. The molecule has 4 nitrogen and oxygen atoms in total. The number of likely N-dealkylation sites (N-methyl/N-ethyl adjacent to an activating group) is 1. The van der Waals surface area contributed by atoms with Gasteiger partial charge in [0, 0.05) is 32.1 Å². The summed E-state index contributed by atoms with van der Waals surface area (Å²) in [6.07, 6.45) is 8.60. The van der Waals surface area contributed by atoms with Crippen LogP contribution in [0.2, 0.25) is 0 Å². The molecule has 0 aromatic carbocycles.